The SMILES string of the molecule is CCNC(=NCCCc1ccc(OC)cc1)N1CCC(COCc2ccccc2)C1. The third-order valence-corrected chi connectivity index (χ3v) is 5.43. The van der Waals surface area contributed by atoms with Gasteiger partial charge in [0.15, 0.2) is 5.96 Å². The van der Waals surface area contributed by atoms with E-state index in [2.05, 4.69) is 53.5 Å². The van der Waals surface area contributed by atoms with Crippen LogP contribution >= 0.6 is 0 Å². The van der Waals surface area contributed by atoms with Gasteiger partial charge in [-0.3, -0.25) is 4.99 Å². The van der Waals surface area contributed by atoms with Crippen LogP contribution in [-0.2, 0) is 17.8 Å². The summed E-state index contributed by atoms with van der Waals surface area (Å²) in [7, 11) is 1.70. The first-order valence-electron chi connectivity index (χ1n) is 11.1. The Morgan fingerprint density at radius 1 is 1.10 bits per heavy atom. The molecule has 1 aliphatic rings. The molecule has 0 aromatic heterocycles. The fourth-order valence-corrected chi connectivity index (χ4v) is 3.76. The molecule has 2 aromatic carbocycles. The number of likely N-dealkylation sites (tertiary alicyclic amines) is 1. The van der Waals surface area contributed by atoms with Crippen molar-refractivity contribution < 1.29 is 9.47 Å². The maximum Gasteiger partial charge on any atom is 0.193 e. The maximum atomic E-state index is 5.96. The van der Waals surface area contributed by atoms with Crippen LogP contribution in [0.1, 0.15) is 30.9 Å². The molecule has 1 N–H and O–H groups in total. The van der Waals surface area contributed by atoms with Gasteiger partial charge in [-0.25, -0.2) is 0 Å². The Morgan fingerprint density at radius 3 is 2.63 bits per heavy atom. The highest BCUT2D eigenvalue weighted by Gasteiger charge is 2.24. The van der Waals surface area contributed by atoms with Crippen LogP contribution in [0.4, 0.5) is 0 Å². The molecule has 0 spiro atoms. The van der Waals surface area contributed by atoms with Gasteiger partial charge >= 0.3 is 0 Å². The second-order valence-electron chi connectivity index (χ2n) is 7.79. The number of hydrogen-bond donors (Lipinski definition) is 1. The van der Waals surface area contributed by atoms with Gasteiger partial charge in [-0.1, -0.05) is 42.5 Å². The van der Waals surface area contributed by atoms with Gasteiger partial charge in [0.2, 0.25) is 0 Å². The number of aliphatic imine (C=N–C) groups is 1. The molecule has 1 unspecified atom stereocenters. The molecule has 5 heteroatoms. The van der Waals surface area contributed by atoms with Crippen LogP contribution < -0.4 is 10.1 Å². The number of hydrogen-bond acceptors (Lipinski definition) is 3. The van der Waals surface area contributed by atoms with Crippen molar-refractivity contribution in [1.82, 2.24) is 10.2 Å². The van der Waals surface area contributed by atoms with E-state index in [1.54, 1.807) is 7.11 Å². The first-order chi connectivity index (χ1) is 14.8. The lowest BCUT2D eigenvalue weighted by Gasteiger charge is -2.21. The monoisotopic (exact) mass is 409 g/mol. The number of aryl methyl sites for hydroxylation is 1. The highest BCUT2D eigenvalue weighted by Crippen LogP contribution is 2.18. The van der Waals surface area contributed by atoms with Crippen molar-refractivity contribution in [2.75, 3.05) is 39.9 Å². The van der Waals surface area contributed by atoms with Gasteiger partial charge in [0.1, 0.15) is 5.75 Å². The maximum absolute atomic E-state index is 5.96. The predicted octanol–water partition coefficient (Wildman–Crippen LogP) is 4.13. The zero-order valence-electron chi connectivity index (χ0n) is 18.3. The number of nitrogens with one attached hydrogen (secondary N) is 1. The summed E-state index contributed by atoms with van der Waals surface area (Å²) in [6.07, 6.45) is 3.23. The quantitative estimate of drug-likeness (QED) is 0.364. The van der Waals surface area contributed by atoms with E-state index < -0.39 is 0 Å². The molecule has 0 radical (unpaired) electrons. The molecule has 0 aliphatic carbocycles. The molecule has 5 nitrogen and oxygen atoms in total. The zero-order valence-corrected chi connectivity index (χ0v) is 18.3. The van der Waals surface area contributed by atoms with Gasteiger partial charge in [-0.05, 0) is 49.4 Å². The van der Waals surface area contributed by atoms with Crippen LogP contribution in [-0.4, -0.2) is 50.8 Å². The standard InChI is InChI=1S/C25H35N3O2/c1-3-26-25(27-16-7-10-21-11-13-24(29-2)14-12-21)28-17-15-23(18-28)20-30-19-22-8-5-4-6-9-22/h4-6,8-9,11-14,23H,3,7,10,15-20H2,1-2H3,(H,26,27). The molecule has 1 aliphatic heterocycles. The summed E-state index contributed by atoms with van der Waals surface area (Å²) in [5, 5.41) is 3.46. The van der Waals surface area contributed by atoms with E-state index in [9.17, 15) is 0 Å². The largest absolute Gasteiger partial charge is 0.497 e. The Labute approximate surface area is 181 Å². The van der Waals surface area contributed by atoms with Crippen LogP contribution in [0.25, 0.3) is 0 Å². The molecule has 0 saturated carbocycles. The second kappa shape index (κ2) is 12.2. The van der Waals surface area contributed by atoms with Crippen molar-refractivity contribution >= 4 is 5.96 Å². The van der Waals surface area contributed by atoms with Crippen molar-refractivity contribution in [2.24, 2.45) is 10.9 Å². The summed E-state index contributed by atoms with van der Waals surface area (Å²) in [6, 6.07) is 18.7. The minimum atomic E-state index is 0.567. The lowest BCUT2D eigenvalue weighted by molar-refractivity contribution is 0.0907. The molecule has 1 atom stereocenters. The third-order valence-electron chi connectivity index (χ3n) is 5.43. The zero-order chi connectivity index (χ0) is 21.0. The van der Waals surface area contributed by atoms with Crippen LogP contribution in [0.2, 0.25) is 0 Å². The summed E-state index contributed by atoms with van der Waals surface area (Å²) in [4.78, 5) is 7.25. The summed E-state index contributed by atoms with van der Waals surface area (Å²) >= 11 is 0. The second-order valence-corrected chi connectivity index (χ2v) is 7.79. The molecule has 3 rings (SSSR count). The summed E-state index contributed by atoms with van der Waals surface area (Å²) in [5.74, 6) is 2.51. The minimum Gasteiger partial charge on any atom is -0.497 e. The molecule has 1 heterocycles. The van der Waals surface area contributed by atoms with Gasteiger partial charge in [-0.2, -0.15) is 0 Å². The molecular weight excluding hydrogens is 374 g/mol. The molecule has 162 valence electrons. The fourth-order valence-electron chi connectivity index (χ4n) is 3.76. The first kappa shape index (κ1) is 22.2. The lowest BCUT2D eigenvalue weighted by atomic mass is 10.1. The summed E-state index contributed by atoms with van der Waals surface area (Å²) in [5.41, 5.74) is 2.56. The van der Waals surface area contributed by atoms with E-state index in [1.807, 2.05) is 18.2 Å². The van der Waals surface area contributed by atoms with E-state index in [1.165, 1.54) is 11.1 Å². The van der Waals surface area contributed by atoms with Crippen molar-refractivity contribution in [3.8, 4) is 5.75 Å². The van der Waals surface area contributed by atoms with Crippen LogP contribution in [0.5, 0.6) is 5.75 Å². The van der Waals surface area contributed by atoms with E-state index >= 15 is 0 Å². The highest BCUT2D eigenvalue weighted by atomic mass is 16.5. The molecule has 2 aromatic rings. The van der Waals surface area contributed by atoms with Crippen molar-refractivity contribution in [2.45, 2.75) is 32.8 Å². The smallest absolute Gasteiger partial charge is 0.193 e. The average molecular weight is 410 g/mol. The van der Waals surface area contributed by atoms with Crippen LogP contribution in [0.3, 0.4) is 0 Å². The average Bonchev–Trinajstić information content (AvgIpc) is 3.26. The Hall–Kier alpha value is -2.53. The number of benzene rings is 2. The van der Waals surface area contributed by atoms with Crippen molar-refractivity contribution in [3.63, 3.8) is 0 Å². The number of nitrogens with zero attached hydrogens (tertiary/aromatic N) is 2. The van der Waals surface area contributed by atoms with Crippen LogP contribution in [0, 0.1) is 5.92 Å². The highest BCUT2D eigenvalue weighted by molar-refractivity contribution is 5.80. The predicted molar refractivity (Wildman–Crippen MR) is 123 cm³/mol. The minimum absolute atomic E-state index is 0.567. The lowest BCUT2D eigenvalue weighted by Crippen LogP contribution is -2.40. The van der Waals surface area contributed by atoms with E-state index in [0.29, 0.717) is 12.5 Å². The Morgan fingerprint density at radius 2 is 1.90 bits per heavy atom. The summed E-state index contributed by atoms with van der Waals surface area (Å²) in [6.45, 7) is 7.41. The topological polar surface area (TPSA) is 46.1 Å². The van der Waals surface area contributed by atoms with Crippen molar-refractivity contribution in [3.05, 3.63) is 65.7 Å². The molecule has 1 fully saturated rings. The Kier molecular flexibility index (Phi) is 9.04. The van der Waals surface area contributed by atoms with Gasteiger partial charge in [0.05, 0.1) is 20.3 Å². The van der Waals surface area contributed by atoms with Gasteiger partial charge in [0, 0.05) is 32.1 Å². The van der Waals surface area contributed by atoms with Crippen LogP contribution in [0.15, 0.2) is 59.6 Å². The molecular formula is C25H35N3O2. The molecule has 0 bridgehead atoms. The molecule has 1 saturated heterocycles. The first-order valence-corrected chi connectivity index (χ1v) is 11.1. The van der Waals surface area contributed by atoms with Gasteiger partial charge in [0.25, 0.3) is 0 Å². The van der Waals surface area contributed by atoms with E-state index in [4.69, 9.17) is 14.5 Å². The number of methoxy groups -OCH3 is 1. The Bertz CT molecular complexity index is 762. The normalized spacial score (nSPS) is 16.7. The van der Waals surface area contributed by atoms with Crippen molar-refractivity contribution in [1.29, 1.82) is 0 Å². The van der Waals surface area contributed by atoms with Gasteiger partial charge in [-0.15, -0.1) is 0 Å². The molecule has 0 amide bonds. The Balaban J connectivity index is 1.41. The summed E-state index contributed by atoms with van der Waals surface area (Å²) < 4.78 is 11.2. The third kappa shape index (κ3) is 7.06. The number of ether oxygens (including phenoxy) is 2. The fraction of sp³-hybridized carbons (Fsp3) is 0.480. The van der Waals surface area contributed by atoms with E-state index in [0.717, 1.165) is 63.8 Å². The molecule has 30 heavy (non-hydrogen) atoms. The van der Waals surface area contributed by atoms with E-state index in [-0.39, 0.29) is 0 Å². The van der Waals surface area contributed by atoms with Gasteiger partial charge < -0.3 is 19.7 Å². The number of rotatable bonds is 10. The number of guanidine groups is 1.